The number of fused-ring (bicyclic) bond motifs is 1. The van der Waals surface area contributed by atoms with Crippen molar-refractivity contribution in [3.63, 3.8) is 0 Å². The third kappa shape index (κ3) is 4.04. The van der Waals surface area contributed by atoms with Crippen molar-refractivity contribution in [2.24, 2.45) is 0 Å². The zero-order valence-electron chi connectivity index (χ0n) is 12.4. The normalized spacial score (nSPS) is 10.7. The Morgan fingerprint density at radius 1 is 1.13 bits per heavy atom. The predicted octanol–water partition coefficient (Wildman–Crippen LogP) is 4.19. The Labute approximate surface area is 137 Å². The molecule has 3 aromatic rings. The summed E-state index contributed by atoms with van der Waals surface area (Å²) in [6.45, 7) is 0.569. The van der Waals surface area contributed by atoms with E-state index in [2.05, 4.69) is 27.8 Å². The number of halogens is 1. The highest BCUT2D eigenvalue weighted by molar-refractivity contribution is 7.22. The molecule has 0 aliphatic carbocycles. The largest absolute Gasteiger partial charge is 0.338 e. The van der Waals surface area contributed by atoms with E-state index in [0.717, 1.165) is 12.8 Å². The molecule has 23 heavy (non-hydrogen) atoms. The fourth-order valence-corrected chi connectivity index (χ4v) is 3.12. The van der Waals surface area contributed by atoms with E-state index in [1.807, 2.05) is 18.2 Å². The number of amides is 2. The number of nitrogens with zero attached hydrogens (tertiary/aromatic N) is 1. The molecule has 0 aliphatic heterocycles. The molecule has 0 spiro atoms. The van der Waals surface area contributed by atoms with Gasteiger partial charge >= 0.3 is 6.03 Å². The Balaban J connectivity index is 1.48. The van der Waals surface area contributed by atoms with Crippen molar-refractivity contribution in [1.82, 2.24) is 10.3 Å². The van der Waals surface area contributed by atoms with Crippen molar-refractivity contribution in [2.75, 3.05) is 11.9 Å². The lowest BCUT2D eigenvalue weighted by Gasteiger charge is -2.05. The van der Waals surface area contributed by atoms with E-state index in [4.69, 9.17) is 0 Å². The summed E-state index contributed by atoms with van der Waals surface area (Å²) < 4.78 is 14.3. The quantitative estimate of drug-likeness (QED) is 0.690. The molecule has 118 valence electrons. The number of para-hydroxylation sites is 1. The molecule has 1 heterocycles. The average molecular weight is 329 g/mol. The van der Waals surface area contributed by atoms with E-state index < -0.39 is 0 Å². The molecule has 1 aromatic heterocycles. The summed E-state index contributed by atoms with van der Waals surface area (Å²) in [5, 5.41) is 5.83. The molecule has 0 unspecified atom stereocenters. The Morgan fingerprint density at radius 3 is 2.74 bits per heavy atom. The molecule has 0 bridgehead atoms. The van der Waals surface area contributed by atoms with E-state index in [0.29, 0.717) is 16.4 Å². The number of benzene rings is 2. The molecular weight excluding hydrogens is 313 g/mol. The van der Waals surface area contributed by atoms with Gasteiger partial charge in [-0.15, -0.1) is 0 Å². The number of rotatable bonds is 5. The highest BCUT2D eigenvalue weighted by Crippen LogP contribution is 2.27. The zero-order valence-corrected chi connectivity index (χ0v) is 13.2. The summed E-state index contributed by atoms with van der Waals surface area (Å²) in [7, 11) is 0. The van der Waals surface area contributed by atoms with Gasteiger partial charge in [0.25, 0.3) is 0 Å². The second-order valence-corrected chi connectivity index (χ2v) is 6.11. The van der Waals surface area contributed by atoms with Crippen LogP contribution < -0.4 is 10.6 Å². The van der Waals surface area contributed by atoms with Crippen molar-refractivity contribution < 1.29 is 9.18 Å². The molecule has 0 atom stereocenters. The van der Waals surface area contributed by atoms with Gasteiger partial charge in [0.05, 0.1) is 4.70 Å². The van der Waals surface area contributed by atoms with Crippen LogP contribution in [-0.4, -0.2) is 17.6 Å². The second-order valence-electron chi connectivity index (χ2n) is 5.08. The minimum Gasteiger partial charge on any atom is -0.338 e. The number of hydrogen-bond donors (Lipinski definition) is 2. The maximum Gasteiger partial charge on any atom is 0.321 e. The zero-order chi connectivity index (χ0) is 16.1. The maximum absolute atomic E-state index is 13.6. The smallest absolute Gasteiger partial charge is 0.321 e. The third-order valence-corrected chi connectivity index (χ3v) is 4.30. The monoisotopic (exact) mass is 329 g/mol. The molecular formula is C17H16FN3OS. The number of carbonyl (C=O) groups is 1. The van der Waals surface area contributed by atoms with Gasteiger partial charge in [-0.25, -0.2) is 14.2 Å². The molecule has 0 saturated heterocycles. The van der Waals surface area contributed by atoms with Gasteiger partial charge in [0.2, 0.25) is 0 Å². The standard InChI is InChI=1S/C17H16FN3OS/c18-13-9-4-10-14-15(13)20-17(23-14)21-16(22)19-11-5-8-12-6-2-1-3-7-12/h1-4,6-7,9-10H,5,8,11H2,(H2,19,20,21,22). The van der Waals surface area contributed by atoms with Crippen LogP contribution in [0, 0.1) is 5.82 Å². The van der Waals surface area contributed by atoms with Crippen LogP contribution in [0.4, 0.5) is 14.3 Å². The number of carbonyl (C=O) groups excluding carboxylic acids is 1. The first kappa shape index (κ1) is 15.4. The minimum absolute atomic E-state index is 0.289. The molecule has 2 N–H and O–H groups in total. The van der Waals surface area contributed by atoms with Crippen molar-refractivity contribution in [2.45, 2.75) is 12.8 Å². The number of thiazole rings is 1. The van der Waals surface area contributed by atoms with Crippen LogP contribution in [0.25, 0.3) is 10.2 Å². The van der Waals surface area contributed by atoms with Crippen molar-refractivity contribution >= 4 is 32.7 Å². The third-order valence-electron chi connectivity index (χ3n) is 3.36. The first-order valence-corrected chi connectivity index (χ1v) is 8.18. The number of urea groups is 1. The van der Waals surface area contributed by atoms with Gasteiger partial charge in [-0.2, -0.15) is 0 Å². The van der Waals surface area contributed by atoms with Gasteiger partial charge in [0.15, 0.2) is 5.13 Å². The molecule has 6 heteroatoms. The number of aryl methyl sites for hydroxylation is 1. The Bertz CT molecular complexity index is 804. The lowest BCUT2D eigenvalue weighted by Crippen LogP contribution is -2.29. The summed E-state index contributed by atoms with van der Waals surface area (Å²) >= 11 is 1.25. The van der Waals surface area contributed by atoms with Gasteiger partial charge in [-0.1, -0.05) is 47.7 Å². The predicted molar refractivity (Wildman–Crippen MR) is 91.4 cm³/mol. The van der Waals surface area contributed by atoms with Gasteiger partial charge < -0.3 is 5.32 Å². The molecule has 4 nitrogen and oxygen atoms in total. The Hall–Kier alpha value is -2.47. The van der Waals surface area contributed by atoms with Crippen molar-refractivity contribution in [3.05, 3.63) is 59.9 Å². The van der Waals surface area contributed by atoms with E-state index in [-0.39, 0.29) is 17.4 Å². The van der Waals surface area contributed by atoms with Crippen LogP contribution in [-0.2, 0) is 6.42 Å². The maximum atomic E-state index is 13.6. The van der Waals surface area contributed by atoms with E-state index in [1.54, 1.807) is 12.1 Å². The molecule has 2 amide bonds. The molecule has 0 aliphatic rings. The van der Waals surface area contributed by atoms with Crippen LogP contribution in [0.5, 0.6) is 0 Å². The number of hydrogen-bond acceptors (Lipinski definition) is 3. The minimum atomic E-state index is -0.380. The summed E-state index contributed by atoms with van der Waals surface area (Å²) in [4.78, 5) is 15.9. The lowest BCUT2D eigenvalue weighted by atomic mass is 10.1. The van der Waals surface area contributed by atoms with Crippen LogP contribution in [0.2, 0.25) is 0 Å². The Kier molecular flexibility index (Phi) is 4.83. The van der Waals surface area contributed by atoms with Crippen LogP contribution in [0.15, 0.2) is 48.5 Å². The van der Waals surface area contributed by atoms with Gasteiger partial charge in [-0.05, 0) is 30.5 Å². The number of aromatic nitrogens is 1. The van der Waals surface area contributed by atoms with Crippen LogP contribution in [0.3, 0.4) is 0 Å². The highest BCUT2D eigenvalue weighted by atomic mass is 32.1. The summed E-state index contributed by atoms with van der Waals surface area (Å²) in [6.07, 6.45) is 1.76. The van der Waals surface area contributed by atoms with Gasteiger partial charge in [0.1, 0.15) is 11.3 Å². The Morgan fingerprint density at radius 2 is 1.96 bits per heavy atom. The van der Waals surface area contributed by atoms with E-state index in [9.17, 15) is 9.18 Å². The topological polar surface area (TPSA) is 54.0 Å². The highest BCUT2D eigenvalue weighted by Gasteiger charge is 2.09. The first-order valence-electron chi connectivity index (χ1n) is 7.36. The molecule has 0 radical (unpaired) electrons. The van der Waals surface area contributed by atoms with Crippen molar-refractivity contribution in [3.8, 4) is 0 Å². The van der Waals surface area contributed by atoms with Crippen LogP contribution in [0.1, 0.15) is 12.0 Å². The van der Waals surface area contributed by atoms with Gasteiger partial charge in [0, 0.05) is 6.54 Å². The summed E-state index contributed by atoms with van der Waals surface area (Å²) in [5.74, 6) is -0.380. The van der Waals surface area contributed by atoms with E-state index >= 15 is 0 Å². The fourth-order valence-electron chi connectivity index (χ4n) is 2.25. The van der Waals surface area contributed by atoms with Crippen molar-refractivity contribution in [1.29, 1.82) is 0 Å². The lowest BCUT2D eigenvalue weighted by molar-refractivity contribution is 0.252. The molecule has 2 aromatic carbocycles. The molecule has 0 fully saturated rings. The summed E-state index contributed by atoms with van der Waals surface area (Å²) in [6, 6.07) is 14.6. The summed E-state index contributed by atoms with van der Waals surface area (Å²) in [5.41, 5.74) is 1.54. The van der Waals surface area contributed by atoms with Crippen LogP contribution >= 0.6 is 11.3 Å². The van der Waals surface area contributed by atoms with E-state index in [1.165, 1.54) is 23.0 Å². The number of nitrogens with one attached hydrogen (secondary N) is 2. The molecule has 3 rings (SSSR count). The second kappa shape index (κ2) is 7.19. The first-order chi connectivity index (χ1) is 11.2. The fraction of sp³-hybridized carbons (Fsp3) is 0.176. The van der Waals surface area contributed by atoms with Gasteiger partial charge in [-0.3, -0.25) is 5.32 Å². The SMILES string of the molecule is O=C(NCCCc1ccccc1)Nc1nc2c(F)cccc2s1. The number of anilines is 1. The average Bonchev–Trinajstić information content (AvgIpc) is 2.96. The molecule has 0 saturated carbocycles.